The number of alkyl halides is 3. The third-order valence-corrected chi connectivity index (χ3v) is 5.38. The van der Waals surface area contributed by atoms with E-state index in [1.165, 1.54) is 7.11 Å². The molecule has 4 N–H and O–H groups in total. The van der Waals surface area contributed by atoms with Crippen molar-refractivity contribution in [1.29, 1.82) is 0 Å². The maximum Gasteiger partial charge on any atom is 0.490 e. The van der Waals surface area contributed by atoms with E-state index in [2.05, 4.69) is 31.1 Å². The molecule has 220 valence electrons. The van der Waals surface area contributed by atoms with E-state index in [1.54, 1.807) is 25.3 Å². The van der Waals surface area contributed by atoms with Crippen molar-refractivity contribution in [2.75, 3.05) is 14.2 Å². The predicted molar refractivity (Wildman–Crippen MR) is 144 cm³/mol. The summed E-state index contributed by atoms with van der Waals surface area (Å²) in [5, 5.41) is 9.73. The third kappa shape index (κ3) is 13.1. The molecule has 2 aromatic carbocycles. The minimum atomic E-state index is -5.08. The molecule has 0 spiro atoms. The van der Waals surface area contributed by atoms with Gasteiger partial charge in [0.1, 0.15) is 6.04 Å². The first-order valence-corrected chi connectivity index (χ1v) is 12.3. The maximum absolute atomic E-state index is 12.9. The molecule has 2 rings (SSSR count). The minimum Gasteiger partial charge on any atom is -0.493 e. The molecule has 1 amide bonds. The van der Waals surface area contributed by atoms with Crippen LogP contribution in [0.3, 0.4) is 0 Å². The van der Waals surface area contributed by atoms with Gasteiger partial charge in [-0.25, -0.2) is 9.79 Å². The first-order chi connectivity index (χ1) is 18.6. The summed E-state index contributed by atoms with van der Waals surface area (Å²) in [4.78, 5) is 38.7. The number of hydrogen-bond acceptors (Lipinski definition) is 6. The third-order valence-electron chi connectivity index (χ3n) is 5.38. The molecule has 9 nitrogen and oxygen atoms in total. The van der Waals surface area contributed by atoms with Crippen LogP contribution in [0.1, 0.15) is 44.7 Å². The Balaban J connectivity index is 0.00000101. The molecule has 0 heterocycles. The van der Waals surface area contributed by atoms with E-state index in [-0.39, 0.29) is 29.5 Å². The molecular weight excluding hydrogens is 531 g/mol. The smallest absolute Gasteiger partial charge is 0.490 e. The SMILES string of the molecule is COc1ccc(CC(=O)NC(N)=N[C@H](Cc2ccccc2)C(=O)CCC(C)(C)C)cc1OC.O=C(O)C(F)(F)F. The van der Waals surface area contributed by atoms with Crippen LogP contribution in [-0.4, -0.2) is 55.2 Å². The lowest BCUT2D eigenvalue weighted by atomic mass is 9.88. The highest BCUT2D eigenvalue weighted by Crippen LogP contribution is 2.27. The summed E-state index contributed by atoms with van der Waals surface area (Å²) in [6.45, 7) is 6.29. The summed E-state index contributed by atoms with van der Waals surface area (Å²) in [6, 6.07) is 14.3. The number of ketones is 1. The van der Waals surface area contributed by atoms with Gasteiger partial charge in [-0.2, -0.15) is 13.2 Å². The molecule has 0 bridgehead atoms. The second kappa shape index (κ2) is 15.5. The number of carbonyl (C=O) groups excluding carboxylic acids is 2. The molecule has 0 unspecified atom stereocenters. The van der Waals surface area contributed by atoms with E-state index in [1.807, 2.05) is 30.3 Å². The number of carbonyl (C=O) groups is 3. The number of rotatable bonds is 10. The molecule has 0 aromatic heterocycles. The Kier molecular flexibility index (Phi) is 13.1. The van der Waals surface area contributed by atoms with Crippen LogP contribution in [0, 0.1) is 5.41 Å². The molecule has 0 saturated carbocycles. The van der Waals surface area contributed by atoms with Crippen LogP contribution < -0.4 is 20.5 Å². The Hall–Kier alpha value is -4.09. The molecule has 12 heteroatoms. The van der Waals surface area contributed by atoms with E-state index < -0.39 is 18.2 Å². The first kappa shape index (κ1) is 33.9. The standard InChI is InChI=1S/C26H35N3O4.C2HF3O2/c1-26(2,3)14-13-21(30)20(15-18-9-7-6-8-10-18)28-25(27)29-24(31)17-19-11-12-22(32-4)23(16-19)33-5;3-2(4,5)1(6)7/h6-12,16,20H,13-15,17H2,1-5H3,(H3,27,28,29,31);(H,6,7)/t20-;/m1./s1. The number of halogens is 3. The normalized spacial score (nSPS) is 12.4. The van der Waals surface area contributed by atoms with E-state index in [4.69, 9.17) is 25.1 Å². The number of benzene rings is 2. The number of ether oxygens (including phenoxy) is 2. The number of methoxy groups -OCH3 is 2. The van der Waals surface area contributed by atoms with E-state index in [0.29, 0.717) is 24.3 Å². The van der Waals surface area contributed by atoms with Crippen LogP contribution >= 0.6 is 0 Å². The molecule has 0 radical (unpaired) electrons. The van der Waals surface area contributed by atoms with Crippen molar-refractivity contribution in [2.45, 2.75) is 58.7 Å². The van der Waals surface area contributed by atoms with Gasteiger partial charge in [0.15, 0.2) is 23.2 Å². The van der Waals surface area contributed by atoms with Crippen molar-refractivity contribution in [3.63, 3.8) is 0 Å². The Morgan fingerprint density at radius 1 is 0.975 bits per heavy atom. The van der Waals surface area contributed by atoms with Crippen molar-refractivity contribution >= 4 is 23.6 Å². The predicted octanol–water partition coefficient (Wildman–Crippen LogP) is 4.32. The Labute approximate surface area is 231 Å². The first-order valence-electron chi connectivity index (χ1n) is 12.3. The molecule has 0 saturated heterocycles. The van der Waals surface area contributed by atoms with Crippen molar-refractivity contribution in [2.24, 2.45) is 16.1 Å². The lowest BCUT2D eigenvalue weighted by molar-refractivity contribution is -0.192. The Morgan fingerprint density at radius 2 is 1.55 bits per heavy atom. The summed E-state index contributed by atoms with van der Waals surface area (Å²) in [7, 11) is 3.09. The van der Waals surface area contributed by atoms with Crippen LogP contribution in [0.2, 0.25) is 0 Å². The largest absolute Gasteiger partial charge is 0.493 e. The number of amides is 1. The summed E-state index contributed by atoms with van der Waals surface area (Å²) in [5.74, 6) is -2.02. The van der Waals surface area contributed by atoms with Gasteiger partial charge >= 0.3 is 12.1 Å². The van der Waals surface area contributed by atoms with Gasteiger partial charge in [-0.1, -0.05) is 57.2 Å². The van der Waals surface area contributed by atoms with Gasteiger partial charge in [-0.3, -0.25) is 14.9 Å². The van der Waals surface area contributed by atoms with Crippen LogP contribution in [0.25, 0.3) is 0 Å². The number of aliphatic imine (C=N–C) groups is 1. The van der Waals surface area contributed by atoms with Gasteiger partial charge < -0.3 is 20.3 Å². The highest BCUT2D eigenvalue weighted by atomic mass is 19.4. The van der Waals surface area contributed by atoms with Gasteiger partial charge in [0.2, 0.25) is 5.91 Å². The maximum atomic E-state index is 12.9. The fraction of sp³-hybridized carbons (Fsp3) is 0.429. The van der Waals surface area contributed by atoms with Crippen molar-refractivity contribution in [1.82, 2.24) is 5.32 Å². The van der Waals surface area contributed by atoms with Gasteiger partial charge in [0.25, 0.3) is 0 Å². The average molecular weight is 568 g/mol. The molecule has 1 atom stereocenters. The molecule has 0 aliphatic heterocycles. The lowest BCUT2D eigenvalue weighted by Crippen LogP contribution is -2.40. The number of aliphatic carboxylic acids is 1. The number of nitrogens with zero attached hydrogens (tertiary/aromatic N) is 1. The molecule has 0 aliphatic rings. The highest BCUT2D eigenvalue weighted by Gasteiger charge is 2.38. The molecule has 0 aliphatic carbocycles. The zero-order chi connectivity index (χ0) is 30.5. The van der Waals surface area contributed by atoms with Crippen molar-refractivity contribution < 1.29 is 42.1 Å². The quantitative estimate of drug-likeness (QED) is 0.287. The fourth-order valence-corrected chi connectivity index (χ4v) is 3.30. The molecule has 0 fully saturated rings. The number of guanidine groups is 1. The van der Waals surface area contributed by atoms with E-state index >= 15 is 0 Å². The van der Waals surface area contributed by atoms with Gasteiger partial charge in [-0.15, -0.1) is 0 Å². The second-order valence-electron chi connectivity index (χ2n) is 9.96. The zero-order valence-electron chi connectivity index (χ0n) is 23.2. The number of hydrogen-bond donors (Lipinski definition) is 3. The Bertz CT molecular complexity index is 1160. The van der Waals surface area contributed by atoms with Crippen LogP contribution in [-0.2, 0) is 27.2 Å². The minimum absolute atomic E-state index is 0.00543. The summed E-state index contributed by atoms with van der Waals surface area (Å²) in [5.41, 5.74) is 7.79. The fourth-order valence-electron chi connectivity index (χ4n) is 3.30. The van der Waals surface area contributed by atoms with E-state index in [0.717, 1.165) is 17.5 Å². The van der Waals surface area contributed by atoms with E-state index in [9.17, 15) is 22.8 Å². The van der Waals surface area contributed by atoms with Gasteiger partial charge in [0.05, 0.1) is 20.6 Å². The number of Topliss-reactive ketones (excluding diaryl/α,β-unsaturated/α-hetero) is 1. The van der Waals surface area contributed by atoms with Gasteiger partial charge in [0, 0.05) is 12.8 Å². The summed E-state index contributed by atoms with van der Waals surface area (Å²) >= 11 is 0. The summed E-state index contributed by atoms with van der Waals surface area (Å²) < 4.78 is 42.2. The highest BCUT2D eigenvalue weighted by molar-refractivity contribution is 5.98. The number of nitrogens with two attached hydrogens (primary N) is 1. The van der Waals surface area contributed by atoms with Crippen molar-refractivity contribution in [3.05, 3.63) is 59.7 Å². The number of carboxylic acid groups (broad SMARTS) is 1. The van der Waals surface area contributed by atoms with Crippen LogP contribution in [0.15, 0.2) is 53.5 Å². The second-order valence-corrected chi connectivity index (χ2v) is 9.96. The number of carboxylic acids is 1. The zero-order valence-corrected chi connectivity index (χ0v) is 23.2. The monoisotopic (exact) mass is 567 g/mol. The summed E-state index contributed by atoms with van der Waals surface area (Å²) in [6.07, 6.45) is -3.43. The number of nitrogens with one attached hydrogen (secondary N) is 1. The van der Waals surface area contributed by atoms with Crippen LogP contribution in [0.4, 0.5) is 13.2 Å². The topological polar surface area (TPSA) is 140 Å². The average Bonchev–Trinajstić information content (AvgIpc) is 2.86. The molecule has 40 heavy (non-hydrogen) atoms. The Morgan fingerprint density at radius 3 is 2.05 bits per heavy atom. The molecule has 2 aromatic rings. The molecular formula is C28H36F3N3O6. The van der Waals surface area contributed by atoms with Crippen molar-refractivity contribution in [3.8, 4) is 11.5 Å². The lowest BCUT2D eigenvalue weighted by Gasteiger charge is -2.19. The van der Waals surface area contributed by atoms with Gasteiger partial charge in [-0.05, 0) is 35.1 Å². The van der Waals surface area contributed by atoms with Crippen LogP contribution in [0.5, 0.6) is 11.5 Å².